The van der Waals surface area contributed by atoms with E-state index in [1.165, 1.54) is 6.07 Å². The molecule has 0 radical (unpaired) electrons. The van der Waals surface area contributed by atoms with E-state index < -0.39 is 0 Å². The Morgan fingerprint density at radius 3 is 2.67 bits per heavy atom. The van der Waals surface area contributed by atoms with E-state index in [1.807, 2.05) is 42.7 Å². The van der Waals surface area contributed by atoms with E-state index in [0.717, 1.165) is 22.4 Å². The van der Waals surface area contributed by atoms with Crippen molar-refractivity contribution in [3.05, 3.63) is 65.2 Å². The van der Waals surface area contributed by atoms with Crippen LogP contribution in [0.15, 0.2) is 42.5 Å². The van der Waals surface area contributed by atoms with Crippen LogP contribution < -0.4 is 0 Å². The van der Waals surface area contributed by atoms with Crippen LogP contribution in [-0.2, 0) is 5.88 Å². The molecule has 0 saturated carbocycles. The molecule has 0 spiro atoms. The number of aromatic nitrogens is 2. The molecule has 1 aromatic heterocycles. The predicted octanol–water partition coefficient (Wildman–Crippen LogP) is 4.83. The molecular weight excluding hydrogens is 287 g/mol. The summed E-state index contributed by atoms with van der Waals surface area (Å²) in [6.45, 7) is 3.99. The van der Waals surface area contributed by atoms with Crippen molar-refractivity contribution in [2.45, 2.75) is 25.8 Å². The molecule has 0 fully saturated rings. The molecule has 21 heavy (non-hydrogen) atoms. The van der Waals surface area contributed by atoms with Crippen molar-refractivity contribution in [2.24, 2.45) is 0 Å². The van der Waals surface area contributed by atoms with Gasteiger partial charge in [-0.15, -0.1) is 11.6 Å². The molecule has 0 N–H and O–H groups in total. The van der Waals surface area contributed by atoms with Crippen LogP contribution in [0.3, 0.4) is 0 Å². The van der Waals surface area contributed by atoms with Gasteiger partial charge in [0.05, 0.1) is 23.0 Å². The van der Waals surface area contributed by atoms with Gasteiger partial charge in [0, 0.05) is 5.56 Å². The highest BCUT2D eigenvalue weighted by atomic mass is 35.5. The number of aryl methyl sites for hydroxylation is 1. The Hall–Kier alpha value is -1.87. The second kappa shape index (κ2) is 5.49. The summed E-state index contributed by atoms with van der Waals surface area (Å²) in [5.41, 5.74) is 3.65. The van der Waals surface area contributed by atoms with E-state index in [1.54, 1.807) is 12.1 Å². The zero-order chi connectivity index (χ0) is 15.0. The number of hydrogen-bond donors (Lipinski definition) is 0. The molecule has 108 valence electrons. The molecule has 3 aromatic rings. The molecule has 1 atom stereocenters. The van der Waals surface area contributed by atoms with E-state index in [-0.39, 0.29) is 11.9 Å². The summed E-state index contributed by atoms with van der Waals surface area (Å²) in [6, 6.07) is 12.7. The van der Waals surface area contributed by atoms with Gasteiger partial charge in [0.2, 0.25) is 0 Å². The smallest absolute Gasteiger partial charge is 0.128 e. The van der Waals surface area contributed by atoms with Gasteiger partial charge in [-0.2, -0.15) is 0 Å². The number of benzene rings is 2. The lowest BCUT2D eigenvalue weighted by Crippen LogP contribution is -2.11. The highest BCUT2D eigenvalue weighted by molar-refractivity contribution is 6.16. The summed E-state index contributed by atoms with van der Waals surface area (Å²) in [5, 5.41) is 0. The summed E-state index contributed by atoms with van der Waals surface area (Å²) >= 11 is 6.05. The third-order valence-corrected chi connectivity index (χ3v) is 4.10. The van der Waals surface area contributed by atoms with Gasteiger partial charge in [-0.1, -0.05) is 30.3 Å². The Kier molecular flexibility index (Phi) is 3.68. The summed E-state index contributed by atoms with van der Waals surface area (Å²) in [6.07, 6.45) is 0. The van der Waals surface area contributed by atoms with E-state index >= 15 is 0 Å². The Morgan fingerprint density at radius 1 is 1.19 bits per heavy atom. The second-order valence-electron chi connectivity index (χ2n) is 5.17. The van der Waals surface area contributed by atoms with Crippen LogP contribution in [0.25, 0.3) is 11.0 Å². The van der Waals surface area contributed by atoms with Gasteiger partial charge in [0.25, 0.3) is 0 Å². The lowest BCUT2D eigenvalue weighted by atomic mass is 10.1. The number of fused-ring (bicyclic) bond motifs is 1. The van der Waals surface area contributed by atoms with Crippen LogP contribution in [0.2, 0.25) is 0 Å². The zero-order valence-electron chi connectivity index (χ0n) is 12.0. The monoisotopic (exact) mass is 302 g/mol. The molecule has 0 aliphatic heterocycles. The lowest BCUT2D eigenvalue weighted by molar-refractivity contribution is 0.556. The van der Waals surface area contributed by atoms with Gasteiger partial charge in [-0.3, -0.25) is 0 Å². The molecule has 2 aromatic carbocycles. The van der Waals surface area contributed by atoms with Crippen LogP contribution >= 0.6 is 11.6 Å². The van der Waals surface area contributed by atoms with Crippen molar-refractivity contribution in [3.63, 3.8) is 0 Å². The number of alkyl halides is 1. The number of hydrogen-bond acceptors (Lipinski definition) is 1. The molecule has 4 heteroatoms. The minimum absolute atomic E-state index is 0.160. The molecule has 3 rings (SSSR count). The molecule has 0 bridgehead atoms. The van der Waals surface area contributed by atoms with Crippen molar-refractivity contribution in [2.75, 3.05) is 0 Å². The fraction of sp³-hybridized carbons (Fsp3) is 0.235. The molecule has 0 saturated heterocycles. The highest BCUT2D eigenvalue weighted by Gasteiger charge is 2.19. The average molecular weight is 303 g/mol. The fourth-order valence-corrected chi connectivity index (χ4v) is 2.97. The van der Waals surface area contributed by atoms with Gasteiger partial charge in [0.1, 0.15) is 11.6 Å². The molecule has 0 aliphatic carbocycles. The van der Waals surface area contributed by atoms with Crippen molar-refractivity contribution in [1.29, 1.82) is 0 Å². The maximum Gasteiger partial charge on any atom is 0.128 e. The number of imidazole rings is 1. The minimum atomic E-state index is -0.208. The van der Waals surface area contributed by atoms with Gasteiger partial charge < -0.3 is 4.57 Å². The van der Waals surface area contributed by atoms with Crippen molar-refractivity contribution in [3.8, 4) is 0 Å². The van der Waals surface area contributed by atoms with Crippen LogP contribution in [0.4, 0.5) is 4.39 Å². The predicted molar refractivity (Wildman–Crippen MR) is 84.2 cm³/mol. The summed E-state index contributed by atoms with van der Waals surface area (Å²) < 4.78 is 16.1. The molecular formula is C17H16ClFN2. The number of rotatable bonds is 3. The van der Waals surface area contributed by atoms with Gasteiger partial charge in [0.15, 0.2) is 0 Å². The first kappa shape index (κ1) is 14.1. The number of nitrogens with zero attached hydrogens (tertiary/aromatic N) is 2. The van der Waals surface area contributed by atoms with Crippen molar-refractivity contribution >= 4 is 22.6 Å². The maximum absolute atomic E-state index is 14.1. The lowest BCUT2D eigenvalue weighted by Gasteiger charge is -2.18. The first-order valence-electron chi connectivity index (χ1n) is 6.90. The van der Waals surface area contributed by atoms with E-state index in [4.69, 9.17) is 11.6 Å². The Labute approximate surface area is 128 Å². The van der Waals surface area contributed by atoms with Crippen LogP contribution in [0.1, 0.15) is 29.9 Å². The van der Waals surface area contributed by atoms with Crippen molar-refractivity contribution in [1.82, 2.24) is 9.55 Å². The molecule has 0 aliphatic rings. The normalized spacial score (nSPS) is 12.8. The minimum Gasteiger partial charge on any atom is -0.320 e. The third-order valence-electron chi connectivity index (χ3n) is 3.86. The quantitative estimate of drug-likeness (QED) is 0.634. The molecule has 2 nitrogen and oxygen atoms in total. The van der Waals surface area contributed by atoms with Gasteiger partial charge >= 0.3 is 0 Å². The standard InChI is InChI=1S/C17H16ClFN2/c1-11-6-5-9-15-17(11)20-16(10-18)21(15)12(2)13-7-3-4-8-14(13)19/h3-9,12H,10H2,1-2H3. The fourth-order valence-electron chi connectivity index (χ4n) is 2.78. The topological polar surface area (TPSA) is 17.8 Å². The van der Waals surface area contributed by atoms with Crippen LogP contribution in [0, 0.1) is 12.7 Å². The molecule has 1 unspecified atom stereocenters. The van der Waals surface area contributed by atoms with Crippen molar-refractivity contribution < 1.29 is 4.39 Å². The van der Waals surface area contributed by atoms with Gasteiger partial charge in [-0.25, -0.2) is 9.37 Å². The van der Waals surface area contributed by atoms with Crippen LogP contribution in [-0.4, -0.2) is 9.55 Å². The SMILES string of the molecule is Cc1cccc2c1nc(CCl)n2C(C)c1ccccc1F. The van der Waals surface area contributed by atoms with E-state index in [2.05, 4.69) is 4.98 Å². The highest BCUT2D eigenvalue weighted by Crippen LogP contribution is 2.29. The summed E-state index contributed by atoms with van der Waals surface area (Å²) in [4.78, 5) is 4.62. The maximum atomic E-state index is 14.1. The first-order valence-corrected chi connectivity index (χ1v) is 7.43. The van der Waals surface area contributed by atoms with Crippen LogP contribution in [0.5, 0.6) is 0 Å². The Morgan fingerprint density at radius 2 is 1.95 bits per heavy atom. The third kappa shape index (κ3) is 2.32. The van der Waals surface area contributed by atoms with E-state index in [9.17, 15) is 4.39 Å². The van der Waals surface area contributed by atoms with Gasteiger partial charge in [-0.05, 0) is 31.5 Å². The molecule has 1 heterocycles. The first-order chi connectivity index (χ1) is 10.1. The Balaban J connectivity index is 2.24. The Bertz CT molecular complexity index is 795. The number of para-hydroxylation sites is 1. The molecule has 0 amide bonds. The summed E-state index contributed by atoms with van der Waals surface area (Å²) in [5.74, 6) is 0.851. The number of halogens is 2. The largest absolute Gasteiger partial charge is 0.320 e. The van der Waals surface area contributed by atoms with E-state index in [0.29, 0.717) is 11.4 Å². The second-order valence-corrected chi connectivity index (χ2v) is 5.44. The average Bonchev–Trinajstić information content (AvgIpc) is 2.87. The zero-order valence-corrected chi connectivity index (χ0v) is 12.7. The summed E-state index contributed by atoms with van der Waals surface area (Å²) in [7, 11) is 0.